The van der Waals surface area contributed by atoms with Gasteiger partial charge >= 0.3 is 0 Å². The minimum Gasteiger partial charge on any atom is -0.497 e. The van der Waals surface area contributed by atoms with E-state index in [-0.39, 0.29) is 5.54 Å². The number of hydrogen-bond donors (Lipinski definition) is 2. The molecular formula is C20H34N4O2. The molecule has 2 rings (SSSR count). The first-order valence-electron chi connectivity index (χ1n) is 9.53. The molecule has 0 saturated carbocycles. The number of aliphatic imine (C=N–C) groups is 1. The van der Waals surface area contributed by atoms with Gasteiger partial charge in [0.1, 0.15) is 5.75 Å². The normalized spacial score (nSPS) is 16.4. The number of nitrogens with zero attached hydrogens (tertiary/aromatic N) is 2. The van der Waals surface area contributed by atoms with Crippen molar-refractivity contribution in [2.45, 2.75) is 32.7 Å². The van der Waals surface area contributed by atoms with Crippen molar-refractivity contribution in [1.29, 1.82) is 0 Å². The number of morpholine rings is 1. The van der Waals surface area contributed by atoms with E-state index in [0.717, 1.165) is 64.1 Å². The van der Waals surface area contributed by atoms with Gasteiger partial charge in [-0.1, -0.05) is 12.1 Å². The summed E-state index contributed by atoms with van der Waals surface area (Å²) in [5.74, 6) is 1.77. The van der Waals surface area contributed by atoms with E-state index in [2.05, 4.69) is 48.4 Å². The van der Waals surface area contributed by atoms with Crippen molar-refractivity contribution in [3.63, 3.8) is 0 Å². The highest BCUT2D eigenvalue weighted by Crippen LogP contribution is 2.16. The van der Waals surface area contributed by atoms with Crippen LogP contribution < -0.4 is 15.4 Å². The number of methoxy groups -OCH3 is 1. The van der Waals surface area contributed by atoms with Gasteiger partial charge in [0.2, 0.25) is 0 Å². The third kappa shape index (κ3) is 6.50. The molecule has 1 aromatic carbocycles. The lowest BCUT2D eigenvalue weighted by Crippen LogP contribution is -2.52. The first kappa shape index (κ1) is 20.5. The molecule has 2 N–H and O–H groups in total. The Morgan fingerprint density at radius 1 is 1.27 bits per heavy atom. The van der Waals surface area contributed by atoms with Gasteiger partial charge in [-0.15, -0.1) is 0 Å². The molecule has 1 heterocycles. The molecule has 0 atom stereocenters. The standard InChI is InChI=1S/C20H34N4O2/c1-5-21-19(22-10-9-17-7-6-8-18(15-17)25-4)23-16-20(2,3)24-11-13-26-14-12-24/h6-8,15H,5,9-14,16H2,1-4H3,(H2,21,22,23). The highest BCUT2D eigenvalue weighted by Gasteiger charge is 2.28. The molecule has 0 spiro atoms. The molecule has 1 aliphatic heterocycles. The summed E-state index contributed by atoms with van der Waals surface area (Å²) in [7, 11) is 1.70. The van der Waals surface area contributed by atoms with E-state index in [9.17, 15) is 0 Å². The second kappa shape index (κ2) is 10.4. The monoisotopic (exact) mass is 362 g/mol. The maximum Gasteiger partial charge on any atom is 0.191 e. The fourth-order valence-corrected chi connectivity index (χ4v) is 3.04. The van der Waals surface area contributed by atoms with Gasteiger partial charge in [0.05, 0.1) is 26.9 Å². The van der Waals surface area contributed by atoms with E-state index in [1.54, 1.807) is 7.11 Å². The first-order valence-corrected chi connectivity index (χ1v) is 9.53. The van der Waals surface area contributed by atoms with Crippen LogP contribution in [0.4, 0.5) is 0 Å². The maximum absolute atomic E-state index is 5.46. The van der Waals surface area contributed by atoms with Crippen LogP contribution in [0.3, 0.4) is 0 Å². The summed E-state index contributed by atoms with van der Waals surface area (Å²) in [6.45, 7) is 12.6. The van der Waals surface area contributed by atoms with Gasteiger partial charge in [-0.05, 0) is 44.9 Å². The lowest BCUT2D eigenvalue weighted by molar-refractivity contribution is -0.00683. The molecule has 146 valence electrons. The minimum absolute atomic E-state index is 0.0267. The Morgan fingerprint density at radius 2 is 2.04 bits per heavy atom. The number of benzene rings is 1. The average molecular weight is 363 g/mol. The maximum atomic E-state index is 5.46. The summed E-state index contributed by atoms with van der Waals surface area (Å²) in [6, 6.07) is 8.19. The molecule has 1 aliphatic rings. The van der Waals surface area contributed by atoms with Crippen LogP contribution in [0.5, 0.6) is 5.75 Å². The third-order valence-corrected chi connectivity index (χ3v) is 4.68. The predicted molar refractivity (Wildman–Crippen MR) is 107 cm³/mol. The molecular weight excluding hydrogens is 328 g/mol. The van der Waals surface area contributed by atoms with Gasteiger partial charge in [0.25, 0.3) is 0 Å². The number of ether oxygens (including phenoxy) is 2. The third-order valence-electron chi connectivity index (χ3n) is 4.68. The van der Waals surface area contributed by atoms with Gasteiger partial charge in [-0.3, -0.25) is 9.89 Å². The average Bonchev–Trinajstić information content (AvgIpc) is 2.67. The molecule has 0 radical (unpaired) electrons. The lowest BCUT2D eigenvalue weighted by atomic mass is 10.0. The molecule has 0 aliphatic carbocycles. The van der Waals surface area contributed by atoms with Gasteiger partial charge in [-0.2, -0.15) is 0 Å². The van der Waals surface area contributed by atoms with Crippen LogP contribution in [0, 0.1) is 0 Å². The fraction of sp³-hybridized carbons (Fsp3) is 0.650. The fourth-order valence-electron chi connectivity index (χ4n) is 3.04. The Morgan fingerprint density at radius 3 is 2.73 bits per heavy atom. The largest absolute Gasteiger partial charge is 0.497 e. The van der Waals surface area contributed by atoms with E-state index in [1.807, 2.05) is 12.1 Å². The zero-order chi connectivity index (χ0) is 18.8. The Labute approximate surface area is 158 Å². The molecule has 1 fully saturated rings. The summed E-state index contributed by atoms with van der Waals surface area (Å²) >= 11 is 0. The van der Waals surface area contributed by atoms with Gasteiger partial charge in [0.15, 0.2) is 5.96 Å². The van der Waals surface area contributed by atoms with Crippen molar-refractivity contribution in [2.75, 3.05) is 53.0 Å². The minimum atomic E-state index is 0.0267. The molecule has 6 nitrogen and oxygen atoms in total. The van der Waals surface area contributed by atoms with E-state index in [0.29, 0.717) is 0 Å². The lowest BCUT2D eigenvalue weighted by Gasteiger charge is -2.39. The van der Waals surface area contributed by atoms with Gasteiger partial charge in [-0.25, -0.2) is 0 Å². The van der Waals surface area contributed by atoms with Gasteiger partial charge < -0.3 is 20.1 Å². The van der Waals surface area contributed by atoms with Crippen molar-refractivity contribution in [3.05, 3.63) is 29.8 Å². The quantitative estimate of drug-likeness (QED) is 0.546. The second-order valence-corrected chi connectivity index (χ2v) is 7.14. The van der Waals surface area contributed by atoms with Crippen LogP contribution in [0.2, 0.25) is 0 Å². The van der Waals surface area contributed by atoms with Gasteiger partial charge in [0, 0.05) is 31.7 Å². The summed E-state index contributed by atoms with van der Waals surface area (Å²) in [5.41, 5.74) is 1.28. The van der Waals surface area contributed by atoms with Crippen LogP contribution in [0.25, 0.3) is 0 Å². The Balaban J connectivity index is 1.87. The first-order chi connectivity index (χ1) is 12.5. The van der Waals surface area contributed by atoms with E-state index in [4.69, 9.17) is 14.5 Å². The van der Waals surface area contributed by atoms with Crippen molar-refractivity contribution < 1.29 is 9.47 Å². The zero-order valence-corrected chi connectivity index (χ0v) is 16.7. The van der Waals surface area contributed by atoms with E-state index < -0.39 is 0 Å². The van der Waals surface area contributed by atoms with Crippen molar-refractivity contribution in [1.82, 2.24) is 15.5 Å². The molecule has 1 aromatic rings. The smallest absolute Gasteiger partial charge is 0.191 e. The van der Waals surface area contributed by atoms with Crippen LogP contribution in [0.1, 0.15) is 26.3 Å². The summed E-state index contributed by atoms with van der Waals surface area (Å²) in [4.78, 5) is 7.27. The molecule has 0 unspecified atom stereocenters. The van der Waals surface area contributed by atoms with E-state index in [1.165, 1.54) is 5.56 Å². The van der Waals surface area contributed by atoms with E-state index >= 15 is 0 Å². The van der Waals surface area contributed by atoms with Crippen LogP contribution in [-0.4, -0.2) is 69.4 Å². The number of nitrogens with one attached hydrogen (secondary N) is 2. The van der Waals surface area contributed by atoms with Crippen molar-refractivity contribution in [3.8, 4) is 5.75 Å². The molecule has 1 saturated heterocycles. The Bertz CT molecular complexity index is 569. The molecule has 0 aromatic heterocycles. The Hall–Kier alpha value is -1.79. The summed E-state index contributed by atoms with van der Waals surface area (Å²) < 4.78 is 10.7. The van der Waals surface area contributed by atoms with Crippen molar-refractivity contribution in [2.24, 2.45) is 4.99 Å². The Kier molecular flexibility index (Phi) is 8.19. The van der Waals surface area contributed by atoms with Crippen LogP contribution in [0.15, 0.2) is 29.3 Å². The van der Waals surface area contributed by atoms with Crippen LogP contribution >= 0.6 is 0 Å². The molecule has 0 amide bonds. The topological polar surface area (TPSA) is 58.1 Å². The second-order valence-electron chi connectivity index (χ2n) is 7.14. The number of hydrogen-bond acceptors (Lipinski definition) is 4. The summed E-state index contributed by atoms with van der Waals surface area (Å²) in [6.07, 6.45) is 0.925. The number of guanidine groups is 1. The number of rotatable bonds is 8. The summed E-state index contributed by atoms with van der Waals surface area (Å²) in [5, 5.41) is 6.77. The highest BCUT2D eigenvalue weighted by atomic mass is 16.5. The van der Waals surface area contributed by atoms with Crippen molar-refractivity contribution >= 4 is 5.96 Å². The zero-order valence-electron chi connectivity index (χ0n) is 16.7. The van der Waals surface area contributed by atoms with Crippen LogP contribution in [-0.2, 0) is 11.2 Å². The molecule has 0 bridgehead atoms. The highest BCUT2D eigenvalue weighted by molar-refractivity contribution is 5.79. The predicted octanol–water partition coefficient (Wildman–Crippen LogP) is 1.90. The SMILES string of the molecule is CCNC(=NCC(C)(C)N1CCOCC1)NCCc1cccc(OC)c1. The molecule has 6 heteroatoms. The molecule has 26 heavy (non-hydrogen) atoms.